The number of likely N-dealkylation sites (tertiary alicyclic amines) is 1. The lowest BCUT2D eigenvalue weighted by molar-refractivity contribution is -0.126. The van der Waals surface area contributed by atoms with Crippen molar-refractivity contribution in [1.82, 2.24) is 4.90 Å². The minimum absolute atomic E-state index is 0.0246. The molecular weight excluding hydrogens is 396 g/mol. The van der Waals surface area contributed by atoms with Gasteiger partial charge in [0.15, 0.2) is 0 Å². The molecule has 4 nitrogen and oxygen atoms in total. The average Bonchev–Trinajstić information content (AvgIpc) is 3.60. The zero-order valence-electron chi connectivity index (χ0n) is 20.1. The van der Waals surface area contributed by atoms with Crippen LogP contribution in [0.1, 0.15) is 63.1 Å². The van der Waals surface area contributed by atoms with Crippen LogP contribution in [0, 0.1) is 18.8 Å². The van der Waals surface area contributed by atoms with Crippen LogP contribution in [0.25, 0.3) is 0 Å². The number of nitrogens with zero attached hydrogens (tertiary/aromatic N) is 1. The number of carbonyl (C=O) groups is 1. The van der Waals surface area contributed by atoms with Crippen LogP contribution in [-0.4, -0.2) is 30.1 Å². The van der Waals surface area contributed by atoms with Gasteiger partial charge in [0.1, 0.15) is 0 Å². The van der Waals surface area contributed by atoms with Crippen molar-refractivity contribution in [2.45, 2.75) is 71.4 Å². The van der Waals surface area contributed by atoms with Gasteiger partial charge in [-0.25, -0.2) is 0 Å². The number of nitrogens with one attached hydrogen (secondary N) is 1. The van der Waals surface area contributed by atoms with E-state index in [1.807, 2.05) is 12.1 Å². The second kappa shape index (κ2) is 9.76. The first-order valence-corrected chi connectivity index (χ1v) is 12.1. The molecule has 2 aliphatic rings. The first kappa shape index (κ1) is 23.0. The Morgan fingerprint density at radius 3 is 2.59 bits per heavy atom. The van der Waals surface area contributed by atoms with Crippen LogP contribution >= 0.6 is 0 Å². The summed E-state index contributed by atoms with van der Waals surface area (Å²) >= 11 is 0. The highest BCUT2D eigenvalue weighted by Gasteiger charge is 2.45. The highest BCUT2D eigenvalue weighted by molar-refractivity contribution is 5.93. The fraction of sp³-hybridized carbons (Fsp3) is 0.536. The molecule has 2 aromatic carbocycles. The van der Waals surface area contributed by atoms with Crippen LogP contribution < -0.4 is 5.32 Å². The molecule has 1 aliphatic carbocycles. The summed E-state index contributed by atoms with van der Waals surface area (Å²) in [7, 11) is 0. The summed E-state index contributed by atoms with van der Waals surface area (Å²) in [5, 5.41) is 3.24. The summed E-state index contributed by atoms with van der Waals surface area (Å²) in [5.41, 5.74) is 4.71. The van der Waals surface area contributed by atoms with E-state index in [1.165, 1.54) is 29.5 Å². The van der Waals surface area contributed by atoms with Gasteiger partial charge in [-0.2, -0.15) is 0 Å². The molecule has 1 saturated carbocycles. The Morgan fingerprint density at radius 1 is 1.09 bits per heavy atom. The first-order valence-electron chi connectivity index (χ1n) is 12.1. The smallest absolute Gasteiger partial charge is 0.229 e. The standard InChI is InChI=1S/C28H38N2O2/c1-20-9-5-6-10-22(20)18-32-19-30-16-8-13-25(26(30)21-14-15-21)27(31)29-24-12-7-11-23(17-24)28(2,3)4/h5-7,9-12,17,21,25-26H,8,13-16,18-19H2,1-4H3,(H,29,31). The number of anilines is 1. The van der Waals surface area contributed by atoms with Crippen molar-refractivity contribution in [1.29, 1.82) is 0 Å². The normalized spacial score (nSPS) is 22.0. The molecule has 0 bridgehead atoms. The second-order valence-corrected chi connectivity index (χ2v) is 10.6. The molecule has 0 aromatic heterocycles. The van der Waals surface area contributed by atoms with Gasteiger partial charge in [0.05, 0.1) is 19.3 Å². The Morgan fingerprint density at radius 2 is 1.88 bits per heavy atom. The Balaban J connectivity index is 1.41. The first-order chi connectivity index (χ1) is 15.3. The molecule has 4 rings (SSSR count). The molecule has 1 aliphatic heterocycles. The van der Waals surface area contributed by atoms with Gasteiger partial charge in [0.25, 0.3) is 0 Å². The van der Waals surface area contributed by atoms with E-state index < -0.39 is 0 Å². The van der Waals surface area contributed by atoms with E-state index in [-0.39, 0.29) is 23.3 Å². The van der Waals surface area contributed by atoms with Gasteiger partial charge in [-0.1, -0.05) is 57.2 Å². The number of ether oxygens (including phenoxy) is 1. The van der Waals surface area contributed by atoms with Crippen molar-refractivity contribution < 1.29 is 9.53 Å². The van der Waals surface area contributed by atoms with Gasteiger partial charge in [0.2, 0.25) is 5.91 Å². The van der Waals surface area contributed by atoms with Crippen molar-refractivity contribution in [3.63, 3.8) is 0 Å². The molecule has 1 heterocycles. The van der Waals surface area contributed by atoms with E-state index in [1.54, 1.807) is 0 Å². The zero-order chi connectivity index (χ0) is 22.7. The number of piperidine rings is 1. The number of amides is 1. The lowest BCUT2D eigenvalue weighted by Gasteiger charge is -2.40. The maximum Gasteiger partial charge on any atom is 0.229 e. The zero-order valence-corrected chi connectivity index (χ0v) is 20.1. The molecule has 4 heteroatoms. The Bertz CT molecular complexity index is 929. The number of aryl methyl sites for hydroxylation is 1. The minimum Gasteiger partial charge on any atom is -0.361 e. The monoisotopic (exact) mass is 434 g/mol. The average molecular weight is 435 g/mol. The van der Waals surface area contributed by atoms with Gasteiger partial charge < -0.3 is 10.1 Å². The van der Waals surface area contributed by atoms with Crippen LogP contribution in [-0.2, 0) is 21.6 Å². The van der Waals surface area contributed by atoms with Crippen molar-refractivity contribution >= 4 is 11.6 Å². The molecular formula is C28H38N2O2. The van der Waals surface area contributed by atoms with E-state index in [4.69, 9.17) is 4.74 Å². The molecule has 1 saturated heterocycles. The third-order valence-electron chi connectivity index (χ3n) is 7.01. The van der Waals surface area contributed by atoms with E-state index in [0.29, 0.717) is 19.3 Å². The topological polar surface area (TPSA) is 41.6 Å². The van der Waals surface area contributed by atoms with Crippen LogP contribution in [0.15, 0.2) is 48.5 Å². The minimum atomic E-state index is 0.0246. The summed E-state index contributed by atoms with van der Waals surface area (Å²) in [6.07, 6.45) is 4.45. The van der Waals surface area contributed by atoms with Crippen molar-refractivity contribution in [3.05, 3.63) is 65.2 Å². The molecule has 0 radical (unpaired) electrons. The number of hydrogen-bond donors (Lipinski definition) is 1. The van der Waals surface area contributed by atoms with Gasteiger partial charge in [-0.15, -0.1) is 0 Å². The number of rotatable bonds is 7. The Hall–Kier alpha value is -2.17. The van der Waals surface area contributed by atoms with Gasteiger partial charge in [-0.05, 0) is 72.8 Å². The van der Waals surface area contributed by atoms with E-state index >= 15 is 0 Å². The molecule has 2 fully saturated rings. The summed E-state index contributed by atoms with van der Waals surface area (Å²) in [6, 6.07) is 17.0. The fourth-order valence-electron chi connectivity index (χ4n) is 4.93. The molecule has 0 spiro atoms. The lowest BCUT2D eigenvalue weighted by atomic mass is 9.85. The SMILES string of the molecule is Cc1ccccc1COCN1CCCC(C(=O)Nc2cccc(C(C)(C)C)c2)C1C1CC1. The number of carbonyl (C=O) groups excluding carboxylic acids is 1. The quantitative estimate of drug-likeness (QED) is 0.590. The number of benzene rings is 2. The predicted octanol–water partition coefficient (Wildman–Crippen LogP) is 5.90. The Labute approximate surface area is 193 Å². The van der Waals surface area contributed by atoms with Crippen molar-refractivity contribution in [2.24, 2.45) is 11.8 Å². The third-order valence-corrected chi connectivity index (χ3v) is 7.01. The highest BCUT2D eigenvalue weighted by Crippen LogP contribution is 2.42. The maximum absolute atomic E-state index is 13.4. The molecule has 2 unspecified atom stereocenters. The summed E-state index contributed by atoms with van der Waals surface area (Å²) in [4.78, 5) is 15.8. The molecule has 1 amide bonds. The number of hydrogen-bond acceptors (Lipinski definition) is 3. The highest BCUT2D eigenvalue weighted by atomic mass is 16.5. The third kappa shape index (κ3) is 5.60. The fourth-order valence-corrected chi connectivity index (χ4v) is 4.93. The van der Waals surface area contributed by atoms with Gasteiger partial charge in [-0.3, -0.25) is 9.69 Å². The van der Waals surface area contributed by atoms with Crippen LogP contribution in [0.2, 0.25) is 0 Å². The Kier molecular flexibility index (Phi) is 7.02. The van der Waals surface area contributed by atoms with E-state index in [0.717, 1.165) is 25.1 Å². The molecule has 2 atom stereocenters. The molecule has 32 heavy (non-hydrogen) atoms. The summed E-state index contributed by atoms with van der Waals surface area (Å²) in [6.45, 7) is 11.0. The largest absolute Gasteiger partial charge is 0.361 e. The second-order valence-electron chi connectivity index (χ2n) is 10.6. The van der Waals surface area contributed by atoms with Gasteiger partial charge in [0, 0.05) is 18.3 Å². The van der Waals surface area contributed by atoms with Crippen LogP contribution in [0.4, 0.5) is 5.69 Å². The van der Waals surface area contributed by atoms with Crippen molar-refractivity contribution in [3.8, 4) is 0 Å². The molecule has 1 N–H and O–H groups in total. The molecule has 172 valence electrons. The molecule has 2 aromatic rings. The maximum atomic E-state index is 13.4. The van der Waals surface area contributed by atoms with Gasteiger partial charge >= 0.3 is 0 Å². The van der Waals surface area contributed by atoms with E-state index in [9.17, 15) is 4.79 Å². The summed E-state index contributed by atoms with van der Waals surface area (Å²) in [5.74, 6) is 0.808. The van der Waals surface area contributed by atoms with Crippen LogP contribution in [0.5, 0.6) is 0 Å². The lowest BCUT2D eigenvalue weighted by Crippen LogP contribution is -2.51. The van der Waals surface area contributed by atoms with E-state index in [2.05, 4.69) is 74.3 Å². The summed E-state index contributed by atoms with van der Waals surface area (Å²) < 4.78 is 6.14. The van der Waals surface area contributed by atoms with Crippen molar-refractivity contribution in [2.75, 3.05) is 18.6 Å². The predicted molar refractivity (Wildman–Crippen MR) is 131 cm³/mol. The van der Waals surface area contributed by atoms with Crippen LogP contribution in [0.3, 0.4) is 0 Å².